The number of fused-ring (bicyclic) bond motifs is 1. The molecule has 0 aliphatic rings. The van der Waals surface area contributed by atoms with Gasteiger partial charge in [-0.3, -0.25) is 9.59 Å². The fourth-order valence-electron chi connectivity index (χ4n) is 3.82. The van der Waals surface area contributed by atoms with Crippen molar-refractivity contribution in [3.05, 3.63) is 94.3 Å². The molecule has 1 N–H and O–H groups in total. The average Bonchev–Trinajstić information content (AvgIpc) is 2.82. The highest BCUT2D eigenvalue weighted by Crippen LogP contribution is 2.23. The van der Waals surface area contributed by atoms with E-state index in [1.165, 1.54) is 42.1 Å². The van der Waals surface area contributed by atoms with Gasteiger partial charge in [0.15, 0.2) is 0 Å². The number of pyridine rings is 1. The van der Waals surface area contributed by atoms with E-state index in [4.69, 9.17) is 4.74 Å². The summed E-state index contributed by atoms with van der Waals surface area (Å²) >= 11 is 0. The summed E-state index contributed by atoms with van der Waals surface area (Å²) in [6.07, 6.45) is 1.24. The zero-order valence-electron chi connectivity index (χ0n) is 19.0. The second kappa shape index (κ2) is 9.15. The molecule has 0 spiro atoms. The lowest BCUT2D eigenvalue weighted by Gasteiger charge is -2.15. The van der Waals surface area contributed by atoms with Crippen LogP contribution in [0.2, 0.25) is 0 Å². The number of aryl methyl sites for hydroxylation is 2. The summed E-state index contributed by atoms with van der Waals surface area (Å²) in [4.78, 5) is 25.6. The van der Waals surface area contributed by atoms with Crippen molar-refractivity contribution in [2.45, 2.75) is 30.2 Å². The van der Waals surface area contributed by atoms with Crippen LogP contribution in [0.1, 0.15) is 11.1 Å². The Labute approximate surface area is 197 Å². The van der Waals surface area contributed by atoms with Crippen molar-refractivity contribution in [1.29, 1.82) is 0 Å². The number of amides is 1. The third kappa shape index (κ3) is 4.45. The standard InChI is InChI=1S/C26H24N2O5S/c1-17-8-13-22(18(2)14-17)27-25(29)16-28-15-24(26(30)21-6-4-5-7-23(21)28)34(31,32)20-11-9-19(33-3)10-12-20/h4-15H,16H2,1-3H3,(H,27,29). The van der Waals surface area contributed by atoms with E-state index in [9.17, 15) is 18.0 Å². The Bertz CT molecular complexity index is 1550. The summed E-state index contributed by atoms with van der Waals surface area (Å²) in [6, 6.07) is 18.1. The molecule has 0 fully saturated rings. The van der Waals surface area contributed by atoms with Crippen molar-refractivity contribution < 1.29 is 17.9 Å². The van der Waals surface area contributed by atoms with E-state index in [2.05, 4.69) is 5.32 Å². The summed E-state index contributed by atoms with van der Waals surface area (Å²) in [6.45, 7) is 3.70. The normalized spacial score (nSPS) is 11.4. The van der Waals surface area contributed by atoms with E-state index in [1.807, 2.05) is 32.0 Å². The molecule has 174 valence electrons. The molecule has 0 unspecified atom stereocenters. The maximum atomic E-state index is 13.3. The number of para-hydroxylation sites is 1. The van der Waals surface area contributed by atoms with E-state index in [0.717, 1.165) is 11.1 Å². The molecule has 0 saturated carbocycles. The summed E-state index contributed by atoms with van der Waals surface area (Å²) < 4.78 is 33.3. The number of aromatic nitrogens is 1. The van der Waals surface area contributed by atoms with Gasteiger partial charge in [-0.1, -0.05) is 29.8 Å². The number of sulfone groups is 1. The van der Waals surface area contributed by atoms with Crippen molar-refractivity contribution in [3.63, 3.8) is 0 Å². The predicted octanol–water partition coefficient (Wildman–Crippen LogP) is 4.10. The molecule has 1 amide bonds. The highest BCUT2D eigenvalue weighted by molar-refractivity contribution is 7.91. The summed E-state index contributed by atoms with van der Waals surface area (Å²) in [5.74, 6) is 0.159. The smallest absolute Gasteiger partial charge is 0.244 e. The van der Waals surface area contributed by atoms with Crippen LogP contribution in [0.3, 0.4) is 0 Å². The Morgan fingerprint density at radius 3 is 2.38 bits per heavy atom. The van der Waals surface area contributed by atoms with Crippen LogP contribution >= 0.6 is 0 Å². The van der Waals surface area contributed by atoms with E-state index < -0.39 is 20.2 Å². The molecule has 0 aliphatic heterocycles. The van der Waals surface area contributed by atoms with Crippen LogP contribution in [0.4, 0.5) is 5.69 Å². The van der Waals surface area contributed by atoms with Gasteiger partial charge in [0.25, 0.3) is 0 Å². The van der Waals surface area contributed by atoms with Crippen LogP contribution in [0.15, 0.2) is 87.5 Å². The Morgan fingerprint density at radius 2 is 1.71 bits per heavy atom. The van der Waals surface area contributed by atoms with Crippen LogP contribution in [0.5, 0.6) is 5.75 Å². The highest BCUT2D eigenvalue weighted by Gasteiger charge is 2.24. The zero-order chi connectivity index (χ0) is 24.5. The summed E-state index contributed by atoms with van der Waals surface area (Å²) in [7, 11) is -2.65. The molecule has 0 atom stereocenters. The zero-order valence-corrected chi connectivity index (χ0v) is 19.8. The van der Waals surface area contributed by atoms with Gasteiger partial charge in [0.2, 0.25) is 21.2 Å². The van der Waals surface area contributed by atoms with Gasteiger partial charge in [0.05, 0.1) is 17.5 Å². The number of carbonyl (C=O) groups excluding carboxylic acids is 1. The van der Waals surface area contributed by atoms with Crippen LogP contribution in [0, 0.1) is 13.8 Å². The minimum atomic E-state index is -4.14. The predicted molar refractivity (Wildman–Crippen MR) is 131 cm³/mol. The lowest BCUT2D eigenvalue weighted by Crippen LogP contribution is -2.24. The van der Waals surface area contributed by atoms with Crippen molar-refractivity contribution in [1.82, 2.24) is 4.57 Å². The highest BCUT2D eigenvalue weighted by atomic mass is 32.2. The van der Waals surface area contributed by atoms with Crippen molar-refractivity contribution in [3.8, 4) is 5.75 Å². The van der Waals surface area contributed by atoms with Crippen LogP contribution < -0.4 is 15.5 Å². The Balaban J connectivity index is 1.77. The van der Waals surface area contributed by atoms with Crippen molar-refractivity contribution >= 4 is 32.3 Å². The van der Waals surface area contributed by atoms with Gasteiger partial charge in [0, 0.05) is 17.3 Å². The minimum absolute atomic E-state index is 0.0352. The van der Waals surface area contributed by atoms with Gasteiger partial charge in [0.1, 0.15) is 17.2 Å². The molecule has 0 aliphatic carbocycles. The third-order valence-electron chi connectivity index (χ3n) is 5.58. The first kappa shape index (κ1) is 23.3. The number of nitrogens with zero attached hydrogens (tertiary/aromatic N) is 1. The summed E-state index contributed by atoms with van der Waals surface area (Å²) in [5, 5.41) is 3.09. The summed E-state index contributed by atoms with van der Waals surface area (Å²) in [5.41, 5.74) is 2.53. The van der Waals surface area contributed by atoms with E-state index in [-0.39, 0.29) is 22.7 Å². The quantitative estimate of drug-likeness (QED) is 0.452. The fourth-order valence-corrected chi connectivity index (χ4v) is 5.19. The molecule has 8 heteroatoms. The maximum absolute atomic E-state index is 13.3. The van der Waals surface area contributed by atoms with Crippen LogP contribution in [-0.4, -0.2) is 26.0 Å². The van der Waals surface area contributed by atoms with Crippen LogP contribution in [-0.2, 0) is 21.2 Å². The maximum Gasteiger partial charge on any atom is 0.244 e. The Hall–Kier alpha value is -3.91. The molecule has 3 aromatic carbocycles. The number of rotatable bonds is 6. The SMILES string of the molecule is COc1ccc(S(=O)(=O)c2cn(CC(=O)Nc3ccc(C)cc3C)c3ccccc3c2=O)cc1. The first-order valence-corrected chi connectivity index (χ1v) is 12.1. The number of benzene rings is 3. The Morgan fingerprint density at radius 1 is 1.00 bits per heavy atom. The minimum Gasteiger partial charge on any atom is -0.497 e. The monoisotopic (exact) mass is 476 g/mol. The number of nitrogens with one attached hydrogen (secondary N) is 1. The van der Waals surface area contributed by atoms with Crippen molar-refractivity contribution in [2.24, 2.45) is 0 Å². The molecule has 0 saturated heterocycles. The van der Waals surface area contributed by atoms with Gasteiger partial charge in [-0.05, 0) is 61.9 Å². The van der Waals surface area contributed by atoms with Gasteiger partial charge in [-0.25, -0.2) is 8.42 Å². The molecular formula is C26H24N2O5S. The number of carbonyl (C=O) groups is 1. The van der Waals surface area contributed by atoms with Gasteiger partial charge in [-0.15, -0.1) is 0 Å². The first-order valence-electron chi connectivity index (χ1n) is 10.6. The van der Waals surface area contributed by atoms with Gasteiger partial charge in [-0.2, -0.15) is 0 Å². The third-order valence-corrected chi connectivity index (χ3v) is 7.35. The van der Waals surface area contributed by atoms with Crippen LogP contribution in [0.25, 0.3) is 10.9 Å². The number of ether oxygens (including phenoxy) is 1. The van der Waals surface area contributed by atoms with E-state index in [0.29, 0.717) is 17.0 Å². The van der Waals surface area contributed by atoms with Gasteiger partial charge < -0.3 is 14.6 Å². The second-order valence-corrected chi connectivity index (χ2v) is 9.93. The number of methoxy groups -OCH3 is 1. The topological polar surface area (TPSA) is 94.5 Å². The molecule has 1 heterocycles. The molecule has 0 radical (unpaired) electrons. The first-order chi connectivity index (χ1) is 16.2. The lowest BCUT2D eigenvalue weighted by molar-refractivity contribution is -0.116. The van der Waals surface area contributed by atoms with Crippen molar-refractivity contribution in [2.75, 3.05) is 12.4 Å². The molecule has 34 heavy (non-hydrogen) atoms. The molecule has 4 rings (SSSR count). The van der Waals surface area contributed by atoms with Gasteiger partial charge >= 0.3 is 0 Å². The lowest BCUT2D eigenvalue weighted by atomic mass is 10.1. The molecular weight excluding hydrogens is 452 g/mol. The largest absolute Gasteiger partial charge is 0.497 e. The van der Waals surface area contributed by atoms with E-state index in [1.54, 1.807) is 24.3 Å². The number of hydrogen-bond acceptors (Lipinski definition) is 5. The number of hydrogen-bond donors (Lipinski definition) is 1. The Kier molecular flexibility index (Phi) is 6.26. The molecule has 1 aromatic heterocycles. The average molecular weight is 477 g/mol. The second-order valence-electron chi connectivity index (χ2n) is 8.01. The molecule has 0 bridgehead atoms. The number of anilines is 1. The molecule has 4 aromatic rings. The fraction of sp³-hybridized carbons (Fsp3) is 0.154. The van der Waals surface area contributed by atoms with E-state index >= 15 is 0 Å². The molecule has 7 nitrogen and oxygen atoms in total.